The van der Waals surface area contributed by atoms with Crippen LogP contribution in [0.2, 0.25) is 31.4 Å². The van der Waals surface area contributed by atoms with Crippen molar-refractivity contribution in [2.45, 2.75) is 38.3 Å². The molecule has 19 heavy (non-hydrogen) atoms. The van der Waals surface area contributed by atoms with Crippen molar-refractivity contribution in [2.24, 2.45) is 0 Å². The summed E-state index contributed by atoms with van der Waals surface area (Å²) in [6.07, 6.45) is 0. The van der Waals surface area contributed by atoms with Crippen LogP contribution in [0.15, 0.2) is 30.3 Å². The molecule has 0 fully saturated rings. The predicted octanol–water partition coefficient (Wildman–Crippen LogP) is 2.81. The van der Waals surface area contributed by atoms with Gasteiger partial charge in [-0.05, 0) is 30.9 Å². The summed E-state index contributed by atoms with van der Waals surface area (Å²) >= 11 is 0. The molecule has 3 nitrogen and oxygen atoms in total. The molecule has 0 spiro atoms. The third-order valence-electron chi connectivity index (χ3n) is 2.84. The lowest BCUT2D eigenvalue weighted by Gasteiger charge is -2.35. The molecule has 0 bridgehead atoms. The molecular weight excluding hydrogens is 288 g/mol. The molecule has 1 atom stereocenters. The molecule has 0 aliphatic rings. The third kappa shape index (κ3) is 4.88. The number of rotatable bonds is 7. The van der Waals surface area contributed by atoms with Crippen LogP contribution in [0.3, 0.4) is 0 Å². The van der Waals surface area contributed by atoms with E-state index in [4.69, 9.17) is 8.54 Å². The van der Waals surface area contributed by atoms with E-state index >= 15 is 0 Å². The normalized spacial score (nSPS) is 15.0. The van der Waals surface area contributed by atoms with Gasteiger partial charge in [-0.25, -0.2) is 0 Å². The Kier molecular flexibility index (Phi) is 6.00. The largest absolute Gasteiger partial charge is 0.433 e. The van der Waals surface area contributed by atoms with Crippen LogP contribution in [-0.2, 0) is 13.0 Å². The van der Waals surface area contributed by atoms with Crippen molar-refractivity contribution in [3.8, 4) is 0 Å². The minimum absolute atomic E-state index is 0.582. The van der Waals surface area contributed by atoms with Crippen LogP contribution in [0.1, 0.15) is 6.92 Å². The second-order valence-electron chi connectivity index (χ2n) is 5.61. The predicted molar refractivity (Wildman–Crippen MR) is 85.0 cm³/mol. The maximum absolute atomic E-state index is 12.1. The summed E-state index contributed by atoms with van der Waals surface area (Å²) in [5.74, 6) is 0. The van der Waals surface area contributed by atoms with E-state index in [0.717, 1.165) is 5.19 Å². The van der Waals surface area contributed by atoms with Gasteiger partial charge in [0.15, 0.2) is 8.32 Å². The van der Waals surface area contributed by atoms with Crippen molar-refractivity contribution in [3.05, 3.63) is 30.3 Å². The van der Waals surface area contributed by atoms with Gasteiger partial charge in [-0.1, -0.05) is 37.3 Å². The lowest BCUT2D eigenvalue weighted by atomic mass is 10.4. The summed E-state index contributed by atoms with van der Waals surface area (Å²) in [5.41, 5.74) is 0.582. The molecule has 0 N–H and O–H groups in total. The van der Waals surface area contributed by atoms with Gasteiger partial charge in [0.05, 0.1) is 0 Å². The molecule has 0 aliphatic heterocycles. The third-order valence-corrected chi connectivity index (χ3v) is 12.7. The van der Waals surface area contributed by atoms with Crippen molar-refractivity contribution in [2.75, 3.05) is 7.11 Å². The monoisotopic (exact) mass is 312 g/mol. The zero-order valence-corrected chi connectivity index (χ0v) is 15.5. The van der Waals surface area contributed by atoms with E-state index in [2.05, 4.69) is 19.6 Å². The van der Waals surface area contributed by atoms with Gasteiger partial charge in [-0.3, -0.25) is 0 Å². The van der Waals surface area contributed by atoms with Gasteiger partial charge >= 0.3 is 8.56 Å². The number of benzene rings is 1. The van der Waals surface area contributed by atoms with E-state index in [1.54, 1.807) is 7.11 Å². The zero-order valence-electron chi connectivity index (χ0n) is 12.5. The second kappa shape index (κ2) is 6.85. The van der Waals surface area contributed by atoms with Gasteiger partial charge in [0, 0.05) is 12.8 Å². The SMILES string of the molecule is CC[Si](=O)C[Si](OC)(O[Si](C)(C)C)c1ccccc1. The minimum atomic E-state index is -2.57. The molecule has 1 unspecified atom stereocenters. The van der Waals surface area contributed by atoms with Gasteiger partial charge in [-0.2, -0.15) is 0 Å². The highest BCUT2D eigenvalue weighted by atomic mass is 28.5. The maximum Gasteiger partial charge on any atom is 0.365 e. The van der Waals surface area contributed by atoms with Gasteiger partial charge in [0.25, 0.3) is 8.68 Å². The average Bonchev–Trinajstić information content (AvgIpc) is 2.37. The molecule has 1 aromatic rings. The summed E-state index contributed by atoms with van der Waals surface area (Å²) in [5, 5.41) is 1.09. The van der Waals surface area contributed by atoms with Crippen LogP contribution in [0.25, 0.3) is 0 Å². The molecule has 1 rings (SSSR count). The van der Waals surface area contributed by atoms with Crippen LogP contribution in [0, 0.1) is 0 Å². The van der Waals surface area contributed by atoms with E-state index in [9.17, 15) is 4.46 Å². The van der Waals surface area contributed by atoms with Crippen LogP contribution < -0.4 is 5.19 Å². The van der Waals surface area contributed by atoms with Crippen molar-refractivity contribution >= 4 is 30.7 Å². The van der Waals surface area contributed by atoms with Gasteiger partial charge in [0.1, 0.15) is 0 Å². The average molecular weight is 313 g/mol. The Labute approximate surface area is 120 Å². The zero-order chi connectivity index (χ0) is 14.5. The summed E-state index contributed by atoms with van der Waals surface area (Å²) in [6, 6.07) is 10.8. The topological polar surface area (TPSA) is 35.5 Å². The van der Waals surface area contributed by atoms with Gasteiger partial charge in [-0.15, -0.1) is 0 Å². The summed E-state index contributed by atoms with van der Waals surface area (Å²) in [6.45, 7) is 8.43. The van der Waals surface area contributed by atoms with Crippen LogP contribution in [-0.4, -0.2) is 32.7 Å². The van der Waals surface area contributed by atoms with E-state index in [1.165, 1.54) is 0 Å². The minimum Gasteiger partial charge on any atom is -0.433 e. The van der Waals surface area contributed by atoms with E-state index < -0.39 is 25.6 Å². The first-order chi connectivity index (χ1) is 8.83. The molecule has 0 aliphatic carbocycles. The first kappa shape index (κ1) is 16.6. The maximum atomic E-state index is 12.1. The molecule has 106 valence electrons. The van der Waals surface area contributed by atoms with Crippen molar-refractivity contribution in [1.29, 1.82) is 0 Å². The van der Waals surface area contributed by atoms with Crippen molar-refractivity contribution in [1.82, 2.24) is 0 Å². The second-order valence-corrected chi connectivity index (χ2v) is 16.3. The van der Waals surface area contributed by atoms with E-state index in [-0.39, 0.29) is 0 Å². The standard InChI is InChI=1S/C13H24O3Si3/c1-6-17(14)12-19(15-2,16-18(3,4)5)13-10-8-7-9-11-13/h7-11H,6,12H2,1-5H3. The van der Waals surface area contributed by atoms with Crippen molar-refractivity contribution in [3.63, 3.8) is 0 Å². The molecule has 0 heterocycles. The highest BCUT2D eigenvalue weighted by Gasteiger charge is 2.44. The first-order valence-corrected chi connectivity index (χ1v) is 13.9. The fourth-order valence-corrected chi connectivity index (χ4v) is 13.1. The quantitative estimate of drug-likeness (QED) is 0.726. The molecule has 1 aromatic carbocycles. The smallest absolute Gasteiger partial charge is 0.365 e. The van der Waals surface area contributed by atoms with Gasteiger partial charge < -0.3 is 13.0 Å². The fraction of sp³-hybridized carbons (Fsp3) is 0.538. The fourth-order valence-electron chi connectivity index (χ4n) is 2.00. The number of hydrogen-bond acceptors (Lipinski definition) is 3. The molecule has 0 saturated heterocycles. The summed E-state index contributed by atoms with van der Waals surface area (Å²) in [4.78, 5) is 0. The van der Waals surface area contributed by atoms with Crippen LogP contribution in [0.4, 0.5) is 0 Å². The highest BCUT2D eigenvalue weighted by molar-refractivity contribution is 6.94. The Morgan fingerprint density at radius 1 is 1.16 bits per heavy atom. The molecule has 0 aromatic heterocycles. The lowest BCUT2D eigenvalue weighted by molar-refractivity contribution is 0.316. The van der Waals surface area contributed by atoms with Gasteiger partial charge in [0.2, 0.25) is 0 Å². The van der Waals surface area contributed by atoms with Crippen LogP contribution in [0.5, 0.6) is 0 Å². The highest BCUT2D eigenvalue weighted by Crippen LogP contribution is 2.20. The Bertz CT molecular complexity index is 417. The van der Waals surface area contributed by atoms with Crippen molar-refractivity contribution < 1.29 is 13.0 Å². The molecule has 0 amide bonds. The summed E-state index contributed by atoms with van der Waals surface area (Å²) < 4.78 is 24.4. The number of hydrogen-bond donors (Lipinski definition) is 0. The lowest BCUT2D eigenvalue weighted by Crippen LogP contribution is -2.59. The Morgan fingerprint density at radius 3 is 2.16 bits per heavy atom. The molecule has 0 saturated carbocycles. The van der Waals surface area contributed by atoms with E-state index in [1.807, 2.05) is 37.3 Å². The first-order valence-electron chi connectivity index (χ1n) is 6.65. The summed E-state index contributed by atoms with van der Waals surface area (Å²) in [7, 11) is -4.27. The molecule has 0 radical (unpaired) electrons. The molecular formula is C13H24O3Si3. The Morgan fingerprint density at radius 2 is 1.74 bits per heavy atom. The van der Waals surface area contributed by atoms with E-state index in [0.29, 0.717) is 11.7 Å². The Hall–Kier alpha value is -0.409. The van der Waals surface area contributed by atoms with Crippen LogP contribution >= 0.6 is 0 Å². The Balaban J connectivity index is 3.17. The molecule has 6 heteroatoms.